The van der Waals surface area contributed by atoms with E-state index in [4.69, 9.17) is 16.6 Å². The molecule has 0 unspecified atom stereocenters. The van der Waals surface area contributed by atoms with E-state index in [-0.39, 0.29) is 6.61 Å². The van der Waals surface area contributed by atoms with Crippen LogP contribution < -0.4 is 11.5 Å². The van der Waals surface area contributed by atoms with Crippen LogP contribution in [0.25, 0.3) is 0 Å². The maximum absolute atomic E-state index is 11.2. The van der Waals surface area contributed by atoms with Crippen molar-refractivity contribution in [3.05, 3.63) is 52.1 Å². The highest BCUT2D eigenvalue weighted by molar-refractivity contribution is 5.93. The molecule has 22 heavy (non-hydrogen) atoms. The molecule has 0 bridgehead atoms. The quantitative estimate of drug-likeness (QED) is 0.534. The number of rotatable bonds is 7. The van der Waals surface area contributed by atoms with Gasteiger partial charge >= 0.3 is 0 Å². The number of primary amides is 1. The van der Waals surface area contributed by atoms with Crippen LogP contribution in [0.15, 0.2) is 41.0 Å². The predicted molar refractivity (Wildman–Crippen MR) is 91.5 cm³/mol. The number of nitrogens with two attached hydrogens (primary N) is 2. The number of benzene rings is 1. The van der Waals surface area contributed by atoms with Crippen LogP contribution in [0.5, 0.6) is 0 Å². The van der Waals surface area contributed by atoms with Gasteiger partial charge in [-0.05, 0) is 69.4 Å². The van der Waals surface area contributed by atoms with Crippen LogP contribution in [0.1, 0.15) is 49.5 Å². The van der Waals surface area contributed by atoms with Gasteiger partial charge in [-0.2, -0.15) is 0 Å². The van der Waals surface area contributed by atoms with E-state index in [1.807, 2.05) is 13.8 Å². The number of hydrogen-bond donors (Lipinski definition) is 3. The Morgan fingerprint density at radius 1 is 1.18 bits per heavy atom. The highest BCUT2D eigenvalue weighted by Crippen LogP contribution is 2.18. The topological polar surface area (TPSA) is 89.3 Å². The molecule has 5 N–H and O–H groups in total. The number of aliphatic hydroxyl groups excluding tert-OH is 1. The first-order chi connectivity index (χ1) is 10.3. The van der Waals surface area contributed by atoms with E-state index in [9.17, 15) is 4.79 Å². The fourth-order valence-electron chi connectivity index (χ4n) is 2.06. The van der Waals surface area contributed by atoms with Gasteiger partial charge in [-0.3, -0.25) is 4.79 Å². The molecule has 0 saturated heterocycles. The summed E-state index contributed by atoms with van der Waals surface area (Å²) in [6, 6.07) is 5.11. The molecule has 0 spiro atoms. The zero-order chi connectivity index (χ0) is 16.7. The smallest absolute Gasteiger partial charge is 0.248 e. The molecule has 1 aromatic carbocycles. The molecule has 0 fully saturated rings. The molecule has 0 heterocycles. The van der Waals surface area contributed by atoms with Crippen molar-refractivity contribution in [3.8, 4) is 0 Å². The van der Waals surface area contributed by atoms with Gasteiger partial charge < -0.3 is 16.6 Å². The van der Waals surface area contributed by atoms with Crippen molar-refractivity contribution in [2.24, 2.45) is 5.73 Å². The molecule has 0 saturated carbocycles. The molecule has 0 aliphatic heterocycles. The van der Waals surface area contributed by atoms with Crippen molar-refractivity contribution in [3.63, 3.8) is 0 Å². The lowest BCUT2D eigenvalue weighted by molar-refractivity contribution is 0.1000. The first kappa shape index (κ1) is 18.0. The van der Waals surface area contributed by atoms with E-state index in [1.165, 1.54) is 11.1 Å². The number of hydrogen-bond acceptors (Lipinski definition) is 3. The number of aliphatic hydroxyl groups is 1. The molecule has 1 rings (SSSR count). The SMILES string of the molecule is CC(=CCc1cc(C(N)=O)ccc1N)CCC(C)=C(C)CO. The Bertz CT molecular complexity index is 601. The molecule has 0 radical (unpaired) electrons. The molecule has 1 amide bonds. The second-order valence-corrected chi connectivity index (χ2v) is 5.75. The minimum absolute atomic E-state index is 0.116. The summed E-state index contributed by atoms with van der Waals surface area (Å²) >= 11 is 0. The molecule has 0 aromatic heterocycles. The van der Waals surface area contributed by atoms with Crippen LogP contribution in [-0.4, -0.2) is 17.6 Å². The Morgan fingerprint density at radius 2 is 1.86 bits per heavy atom. The van der Waals surface area contributed by atoms with E-state index < -0.39 is 5.91 Å². The van der Waals surface area contributed by atoms with Gasteiger partial charge in [-0.15, -0.1) is 0 Å². The lowest BCUT2D eigenvalue weighted by Crippen LogP contribution is -2.11. The molecule has 120 valence electrons. The fraction of sp³-hybridized carbons (Fsp3) is 0.389. The van der Waals surface area contributed by atoms with E-state index in [0.29, 0.717) is 17.7 Å². The molecular weight excluding hydrogens is 276 g/mol. The largest absolute Gasteiger partial charge is 0.398 e. The first-order valence-corrected chi connectivity index (χ1v) is 7.45. The molecule has 4 nitrogen and oxygen atoms in total. The van der Waals surface area contributed by atoms with Crippen LogP contribution in [0.4, 0.5) is 5.69 Å². The maximum atomic E-state index is 11.2. The maximum Gasteiger partial charge on any atom is 0.248 e. The third-order valence-electron chi connectivity index (χ3n) is 3.96. The van der Waals surface area contributed by atoms with Crippen molar-refractivity contribution in [1.82, 2.24) is 0 Å². The Kier molecular flexibility index (Phi) is 6.86. The summed E-state index contributed by atoms with van der Waals surface area (Å²) in [6.07, 6.45) is 4.68. The van der Waals surface area contributed by atoms with Crippen LogP contribution in [0, 0.1) is 0 Å². The zero-order valence-electron chi connectivity index (χ0n) is 13.6. The van der Waals surface area contributed by atoms with Gasteiger partial charge in [0.1, 0.15) is 0 Å². The number of carbonyl (C=O) groups excluding carboxylic acids is 1. The van der Waals surface area contributed by atoms with Crippen molar-refractivity contribution in [2.75, 3.05) is 12.3 Å². The monoisotopic (exact) mass is 302 g/mol. The lowest BCUT2D eigenvalue weighted by atomic mass is 10.0. The summed E-state index contributed by atoms with van der Waals surface area (Å²) < 4.78 is 0. The van der Waals surface area contributed by atoms with E-state index in [1.54, 1.807) is 18.2 Å². The molecule has 0 atom stereocenters. The van der Waals surface area contributed by atoms with E-state index in [2.05, 4.69) is 13.0 Å². The second-order valence-electron chi connectivity index (χ2n) is 5.75. The molecule has 4 heteroatoms. The summed E-state index contributed by atoms with van der Waals surface area (Å²) in [6.45, 7) is 6.19. The van der Waals surface area contributed by atoms with Crippen molar-refractivity contribution < 1.29 is 9.90 Å². The molecule has 0 aliphatic carbocycles. The normalized spacial score (nSPS) is 13.0. The van der Waals surface area contributed by atoms with Crippen LogP contribution in [-0.2, 0) is 6.42 Å². The summed E-state index contributed by atoms with van der Waals surface area (Å²) in [5.41, 5.74) is 16.8. The summed E-state index contributed by atoms with van der Waals surface area (Å²) in [4.78, 5) is 11.2. The standard InChI is InChI=1S/C18H26N2O2/c1-12(4-6-13(2)14(3)11-21)5-7-15-10-16(18(20)22)8-9-17(15)19/h5,8-10,21H,4,6-7,11,19H2,1-3H3,(H2,20,22). The van der Waals surface area contributed by atoms with Gasteiger partial charge in [0.25, 0.3) is 0 Å². The predicted octanol–water partition coefficient (Wildman–Crippen LogP) is 2.97. The molecule has 0 aliphatic rings. The average molecular weight is 302 g/mol. The average Bonchev–Trinajstić information content (AvgIpc) is 2.50. The summed E-state index contributed by atoms with van der Waals surface area (Å²) in [5, 5.41) is 9.10. The van der Waals surface area contributed by atoms with Gasteiger partial charge in [-0.25, -0.2) is 0 Å². The van der Waals surface area contributed by atoms with Crippen molar-refractivity contribution >= 4 is 11.6 Å². The third kappa shape index (κ3) is 5.37. The molecular formula is C18H26N2O2. The Balaban J connectivity index is 2.71. The number of anilines is 1. The van der Waals surface area contributed by atoms with Crippen molar-refractivity contribution in [2.45, 2.75) is 40.0 Å². The Hall–Kier alpha value is -2.07. The zero-order valence-corrected chi connectivity index (χ0v) is 13.6. The fourth-order valence-corrected chi connectivity index (χ4v) is 2.06. The summed E-state index contributed by atoms with van der Waals surface area (Å²) in [5.74, 6) is -0.442. The number of allylic oxidation sites excluding steroid dienone is 3. The minimum Gasteiger partial charge on any atom is -0.398 e. The minimum atomic E-state index is -0.442. The highest BCUT2D eigenvalue weighted by Gasteiger charge is 2.04. The first-order valence-electron chi connectivity index (χ1n) is 7.45. The van der Waals surface area contributed by atoms with Gasteiger partial charge in [-0.1, -0.05) is 17.2 Å². The lowest BCUT2D eigenvalue weighted by Gasteiger charge is -2.08. The van der Waals surface area contributed by atoms with Crippen molar-refractivity contribution in [1.29, 1.82) is 0 Å². The third-order valence-corrected chi connectivity index (χ3v) is 3.96. The second kappa shape index (κ2) is 8.39. The van der Waals surface area contributed by atoms with Gasteiger partial charge in [0.2, 0.25) is 5.91 Å². The van der Waals surface area contributed by atoms with Crippen LogP contribution >= 0.6 is 0 Å². The van der Waals surface area contributed by atoms with Gasteiger partial charge in [0.05, 0.1) is 6.61 Å². The molecule has 1 aromatic rings. The van der Waals surface area contributed by atoms with Crippen LogP contribution in [0.3, 0.4) is 0 Å². The van der Waals surface area contributed by atoms with Crippen LogP contribution in [0.2, 0.25) is 0 Å². The number of carbonyl (C=O) groups is 1. The Morgan fingerprint density at radius 3 is 2.45 bits per heavy atom. The number of amides is 1. The summed E-state index contributed by atoms with van der Waals surface area (Å²) in [7, 11) is 0. The highest BCUT2D eigenvalue weighted by atomic mass is 16.3. The number of nitrogen functional groups attached to an aromatic ring is 1. The van der Waals surface area contributed by atoms with E-state index >= 15 is 0 Å². The Labute approximate surface area is 132 Å². The van der Waals surface area contributed by atoms with Gasteiger partial charge in [0.15, 0.2) is 0 Å². The van der Waals surface area contributed by atoms with Gasteiger partial charge in [0, 0.05) is 11.3 Å². The van der Waals surface area contributed by atoms with E-state index in [0.717, 1.165) is 24.0 Å².